The molecule has 0 radical (unpaired) electrons. The number of carboxylic acid groups (broad SMARTS) is 1. The highest BCUT2D eigenvalue weighted by molar-refractivity contribution is 7.14. The zero-order chi connectivity index (χ0) is 14.5. The van der Waals surface area contributed by atoms with Gasteiger partial charge in [-0.25, -0.2) is 4.79 Å². The van der Waals surface area contributed by atoms with Crippen molar-refractivity contribution in [3.05, 3.63) is 28.0 Å². The van der Waals surface area contributed by atoms with Crippen LogP contribution < -0.4 is 5.32 Å². The minimum Gasteiger partial charge on any atom is -0.478 e. The van der Waals surface area contributed by atoms with Gasteiger partial charge in [0.1, 0.15) is 0 Å². The molecule has 1 aromatic rings. The fourth-order valence-corrected chi connectivity index (χ4v) is 2.92. The molecule has 1 aliphatic heterocycles. The van der Waals surface area contributed by atoms with Gasteiger partial charge in [0.2, 0.25) is 0 Å². The Labute approximate surface area is 121 Å². The van der Waals surface area contributed by atoms with Crippen molar-refractivity contribution in [3.63, 3.8) is 0 Å². The molecular formula is C14H17NO4S. The predicted octanol–water partition coefficient (Wildman–Crippen LogP) is 2.14. The molecule has 0 bridgehead atoms. The summed E-state index contributed by atoms with van der Waals surface area (Å²) in [6, 6.07) is 3.60. The number of thiophene rings is 1. The van der Waals surface area contributed by atoms with Gasteiger partial charge in [-0.15, -0.1) is 11.3 Å². The van der Waals surface area contributed by atoms with Crippen LogP contribution in [0.4, 0.5) is 0 Å². The maximum atomic E-state index is 12.1. The summed E-state index contributed by atoms with van der Waals surface area (Å²) in [5.41, 5.74) is 0. The van der Waals surface area contributed by atoms with Gasteiger partial charge in [0.15, 0.2) is 0 Å². The maximum absolute atomic E-state index is 12.1. The van der Waals surface area contributed by atoms with Crippen LogP contribution in [0, 0.1) is 0 Å². The average molecular weight is 295 g/mol. The molecule has 2 N–H and O–H groups in total. The van der Waals surface area contributed by atoms with E-state index in [1.54, 1.807) is 12.1 Å². The van der Waals surface area contributed by atoms with Gasteiger partial charge in [0.25, 0.3) is 5.91 Å². The Hall–Kier alpha value is -1.66. The van der Waals surface area contributed by atoms with Crippen LogP contribution in [0.2, 0.25) is 0 Å². The number of hydrogen-bond donors (Lipinski definition) is 2. The van der Waals surface area contributed by atoms with Crippen LogP contribution in [0.5, 0.6) is 0 Å². The third-order valence-corrected chi connectivity index (χ3v) is 4.11. The second-order valence-corrected chi connectivity index (χ2v) is 5.87. The van der Waals surface area contributed by atoms with Crippen molar-refractivity contribution in [2.45, 2.75) is 31.9 Å². The van der Waals surface area contributed by atoms with E-state index in [1.807, 2.05) is 6.92 Å². The highest BCUT2D eigenvalue weighted by Crippen LogP contribution is 2.19. The Morgan fingerprint density at radius 3 is 3.00 bits per heavy atom. The van der Waals surface area contributed by atoms with E-state index in [4.69, 9.17) is 9.84 Å². The van der Waals surface area contributed by atoms with Crippen molar-refractivity contribution in [1.82, 2.24) is 5.32 Å². The molecule has 2 heterocycles. The highest BCUT2D eigenvalue weighted by Gasteiger charge is 2.21. The molecule has 0 aliphatic carbocycles. The van der Waals surface area contributed by atoms with Crippen molar-refractivity contribution in [3.8, 4) is 0 Å². The first-order chi connectivity index (χ1) is 9.54. The molecule has 1 saturated heterocycles. The number of rotatable bonds is 4. The van der Waals surface area contributed by atoms with E-state index in [1.165, 1.54) is 17.4 Å². The molecule has 20 heavy (non-hydrogen) atoms. The third-order valence-electron chi connectivity index (χ3n) is 3.06. The number of hydrogen-bond acceptors (Lipinski definition) is 4. The molecule has 1 aliphatic rings. The molecule has 5 nitrogen and oxygen atoms in total. The monoisotopic (exact) mass is 295 g/mol. The molecule has 6 heteroatoms. The molecule has 108 valence electrons. The van der Waals surface area contributed by atoms with Crippen LogP contribution in [0.15, 0.2) is 18.2 Å². The van der Waals surface area contributed by atoms with Crippen LogP contribution in [0.1, 0.15) is 34.3 Å². The number of carbonyl (C=O) groups is 2. The first-order valence-electron chi connectivity index (χ1n) is 6.48. The van der Waals surface area contributed by atoms with Gasteiger partial charge in [0, 0.05) is 23.6 Å². The minimum absolute atomic E-state index is 0.107. The summed E-state index contributed by atoms with van der Waals surface area (Å²) in [5.74, 6) is -1.11. The lowest BCUT2D eigenvalue weighted by Crippen LogP contribution is -2.41. The van der Waals surface area contributed by atoms with Crippen molar-refractivity contribution in [1.29, 1.82) is 0 Å². The Balaban J connectivity index is 1.94. The summed E-state index contributed by atoms with van der Waals surface area (Å²) < 4.78 is 5.44. The van der Waals surface area contributed by atoms with Gasteiger partial charge in [-0.05, 0) is 38.0 Å². The van der Waals surface area contributed by atoms with Crippen LogP contribution in [0.3, 0.4) is 0 Å². The van der Waals surface area contributed by atoms with E-state index in [0.29, 0.717) is 11.5 Å². The zero-order valence-electron chi connectivity index (χ0n) is 11.2. The zero-order valence-corrected chi connectivity index (χ0v) is 12.0. The fraction of sp³-hybridized carbons (Fsp3) is 0.429. The summed E-state index contributed by atoms with van der Waals surface area (Å²) in [6.45, 7) is 2.67. The Morgan fingerprint density at radius 2 is 2.30 bits per heavy atom. The summed E-state index contributed by atoms with van der Waals surface area (Å²) >= 11 is 1.28. The molecule has 0 spiro atoms. The van der Waals surface area contributed by atoms with E-state index in [-0.39, 0.29) is 18.1 Å². The first-order valence-corrected chi connectivity index (χ1v) is 7.29. The van der Waals surface area contributed by atoms with Gasteiger partial charge < -0.3 is 15.2 Å². The molecule has 2 unspecified atom stereocenters. The average Bonchev–Trinajstić information content (AvgIpc) is 2.85. The van der Waals surface area contributed by atoms with Gasteiger partial charge in [-0.3, -0.25) is 4.79 Å². The first kappa shape index (κ1) is 14.7. The summed E-state index contributed by atoms with van der Waals surface area (Å²) in [7, 11) is 0. The van der Waals surface area contributed by atoms with Crippen LogP contribution in [0.25, 0.3) is 6.08 Å². The van der Waals surface area contributed by atoms with E-state index in [9.17, 15) is 9.59 Å². The van der Waals surface area contributed by atoms with E-state index in [2.05, 4.69) is 5.32 Å². The quantitative estimate of drug-likeness (QED) is 0.835. The van der Waals surface area contributed by atoms with E-state index >= 15 is 0 Å². The minimum atomic E-state index is -0.999. The number of amides is 1. The molecule has 1 amide bonds. The van der Waals surface area contributed by atoms with E-state index < -0.39 is 5.97 Å². The molecule has 2 rings (SSSR count). The number of carboxylic acids is 1. The normalized spacial score (nSPS) is 22.9. The third kappa shape index (κ3) is 4.18. The summed E-state index contributed by atoms with van der Waals surface area (Å²) in [5, 5.41) is 11.6. The molecule has 1 fully saturated rings. The fourth-order valence-electron chi connectivity index (χ4n) is 2.10. The number of aliphatic carboxylic acids is 1. The molecular weight excluding hydrogens is 278 g/mol. The Morgan fingerprint density at radius 1 is 1.50 bits per heavy atom. The lowest BCUT2D eigenvalue weighted by Gasteiger charge is -2.27. The Bertz CT molecular complexity index is 523. The van der Waals surface area contributed by atoms with Crippen LogP contribution >= 0.6 is 11.3 Å². The standard InChI is InChI=1S/C14H17NO4S/c1-9-8-10(6-7-19-9)15-14(18)12-4-2-11(20-12)3-5-13(16)17/h2-5,9-10H,6-8H2,1H3,(H,15,18)(H,16,17)/b5-3+. The lowest BCUT2D eigenvalue weighted by atomic mass is 10.0. The van der Waals surface area contributed by atoms with Crippen molar-refractivity contribution < 1.29 is 19.4 Å². The predicted molar refractivity (Wildman–Crippen MR) is 76.9 cm³/mol. The van der Waals surface area contributed by atoms with E-state index in [0.717, 1.165) is 23.8 Å². The van der Waals surface area contributed by atoms with Crippen LogP contribution in [-0.2, 0) is 9.53 Å². The smallest absolute Gasteiger partial charge is 0.328 e. The maximum Gasteiger partial charge on any atom is 0.328 e. The number of carbonyl (C=O) groups excluding carboxylic acids is 1. The molecule has 2 atom stereocenters. The SMILES string of the molecule is CC1CC(NC(=O)c2ccc(/C=C/C(=O)O)s2)CCO1. The topological polar surface area (TPSA) is 75.6 Å². The van der Waals surface area contributed by atoms with Gasteiger partial charge in [-0.1, -0.05) is 0 Å². The highest BCUT2D eigenvalue weighted by atomic mass is 32.1. The molecule has 0 aromatic carbocycles. The largest absolute Gasteiger partial charge is 0.478 e. The summed E-state index contributed by atoms with van der Waals surface area (Å²) in [4.78, 5) is 23.9. The second-order valence-electron chi connectivity index (χ2n) is 4.75. The van der Waals surface area contributed by atoms with Crippen molar-refractivity contribution in [2.24, 2.45) is 0 Å². The summed E-state index contributed by atoms with van der Waals surface area (Å²) in [6.07, 6.45) is 4.37. The number of ether oxygens (including phenoxy) is 1. The van der Waals surface area contributed by atoms with Gasteiger partial charge >= 0.3 is 5.97 Å². The lowest BCUT2D eigenvalue weighted by molar-refractivity contribution is -0.131. The van der Waals surface area contributed by atoms with Crippen molar-refractivity contribution in [2.75, 3.05) is 6.61 Å². The van der Waals surface area contributed by atoms with Gasteiger partial charge in [-0.2, -0.15) is 0 Å². The second kappa shape index (κ2) is 6.67. The Kier molecular flexibility index (Phi) is 4.92. The molecule has 0 saturated carbocycles. The molecule has 1 aromatic heterocycles. The number of nitrogens with one attached hydrogen (secondary N) is 1. The van der Waals surface area contributed by atoms with Crippen molar-refractivity contribution >= 4 is 29.3 Å². The van der Waals surface area contributed by atoms with Gasteiger partial charge in [0.05, 0.1) is 11.0 Å². The van der Waals surface area contributed by atoms with Crippen LogP contribution in [-0.4, -0.2) is 35.7 Å².